The molecule has 1 saturated heterocycles. The monoisotopic (exact) mass is 414 g/mol. The molecule has 0 atom stereocenters. The summed E-state index contributed by atoms with van der Waals surface area (Å²) in [6.07, 6.45) is 1.57. The quantitative estimate of drug-likeness (QED) is 0.558. The molecule has 7 heteroatoms. The average Bonchev–Trinajstić information content (AvgIpc) is 2.73. The number of benzene rings is 2. The number of piperidine rings is 1. The van der Waals surface area contributed by atoms with E-state index in [1.807, 2.05) is 18.2 Å². The highest BCUT2D eigenvalue weighted by Gasteiger charge is 2.29. The second kappa shape index (κ2) is 9.41. The smallest absolute Gasteiger partial charge is 0.243 e. The number of hydrogen-bond acceptors (Lipinski definition) is 3. The van der Waals surface area contributed by atoms with Crippen molar-refractivity contribution in [2.24, 2.45) is 16.6 Å². The van der Waals surface area contributed by atoms with Gasteiger partial charge in [0, 0.05) is 25.3 Å². The van der Waals surface area contributed by atoms with Crippen molar-refractivity contribution in [3.63, 3.8) is 0 Å². The van der Waals surface area contributed by atoms with Crippen LogP contribution in [0.5, 0.6) is 0 Å². The molecule has 0 radical (unpaired) electrons. The molecule has 1 heterocycles. The number of rotatable bonds is 6. The van der Waals surface area contributed by atoms with Gasteiger partial charge in [-0.2, -0.15) is 4.31 Å². The van der Waals surface area contributed by atoms with Crippen molar-refractivity contribution in [3.05, 3.63) is 60.2 Å². The van der Waals surface area contributed by atoms with Crippen LogP contribution in [0.4, 0.5) is 5.69 Å². The van der Waals surface area contributed by atoms with Crippen molar-refractivity contribution >= 4 is 21.7 Å². The predicted octanol–water partition coefficient (Wildman–Crippen LogP) is 3.64. The Morgan fingerprint density at radius 2 is 1.83 bits per heavy atom. The number of hydrogen-bond donors (Lipinski definition) is 2. The van der Waals surface area contributed by atoms with Crippen LogP contribution in [0.2, 0.25) is 0 Å². The maximum Gasteiger partial charge on any atom is 0.243 e. The van der Waals surface area contributed by atoms with Gasteiger partial charge in [-0.25, -0.2) is 8.42 Å². The summed E-state index contributed by atoms with van der Waals surface area (Å²) in [6, 6.07) is 16.8. The van der Waals surface area contributed by atoms with Crippen LogP contribution in [0.1, 0.15) is 38.2 Å². The zero-order chi connectivity index (χ0) is 20.9. The molecule has 0 unspecified atom stereocenters. The Bertz CT molecular complexity index is 934. The Hall–Kier alpha value is -2.38. The molecule has 0 bridgehead atoms. The molecule has 1 aliphatic heterocycles. The topological polar surface area (TPSA) is 87.8 Å². The van der Waals surface area contributed by atoms with E-state index < -0.39 is 10.0 Å². The van der Waals surface area contributed by atoms with E-state index in [0.717, 1.165) is 18.5 Å². The molecule has 1 fully saturated rings. The molecule has 6 nitrogen and oxygen atoms in total. The zero-order valence-electron chi connectivity index (χ0n) is 17.1. The summed E-state index contributed by atoms with van der Waals surface area (Å²) < 4.78 is 27.0. The third kappa shape index (κ3) is 5.58. The van der Waals surface area contributed by atoms with Crippen molar-refractivity contribution in [1.82, 2.24) is 4.31 Å². The Labute approximate surface area is 173 Å². The van der Waals surface area contributed by atoms with E-state index in [4.69, 9.17) is 5.73 Å². The summed E-state index contributed by atoms with van der Waals surface area (Å²) in [4.78, 5) is 4.83. The largest absolute Gasteiger partial charge is 0.370 e. The molecule has 156 valence electrons. The molecule has 0 aliphatic carbocycles. The highest BCUT2D eigenvalue weighted by molar-refractivity contribution is 7.89. The van der Waals surface area contributed by atoms with Crippen molar-refractivity contribution in [1.29, 1.82) is 0 Å². The number of nitrogens with one attached hydrogen (secondary N) is 1. The van der Waals surface area contributed by atoms with Crippen LogP contribution in [0.15, 0.2) is 64.5 Å². The Morgan fingerprint density at radius 3 is 2.48 bits per heavy atom. The number of nitrogens with two attached hydrogens (primary N) is 1. The van der Waals surface area contributed by atoms with Crippen LogP contribution in [0.3, 0.4) is 0 Å². The number of guanidine groups is 1. The summed E-state index contributed by atoms with van der Waals surface area (Å²) in [5, 5.41) is 3.15. The standard InChI is InChI=1S/C22H30N4O2S/c1-17(2)19-7-6-8-20(15-19)25-22(23)24-16-18-11-13-26(14-12-18)29(27,28)21-9-4-3-5-10-21/h3-10,15,17-18H,11-14,16H2,1-2H3,(H3,23,24,25). The molecular weight excluding hydrogens is 384 g/mol. The Morgan fingerprint density at radius 1 is 1.14 bits per heavy atom. The maximum absolute atomic E-state index is 12.7. The van der Waals surface area contributed by atoms with Crippen molar-refractivity contribution in [3.8, 4) is 0 Å². The van der Waals surface area contributed by atoms with Crippen molar-refractivity contribution < 1.29 is 8.42 Å². The van der Waals surface area contributed by atoms with Crippen LogP contribution in [-0.4, -0.2) is 38.3 Å². The first-order chi connectivity index (χ1) is 13.9. The highest BCUT2D eigenvalue weighted by Crippen LogP contribution is 2.24. The van der Waals surface area contributed by atoms with Gasteiger partial charge in [0.05, 0.1) is 4.90 Å². The molecule has 0 saturated carbocycles. The third-order valence-electron chi connectivity index (χ3n) is 5.30. The molecule has 0 aromatic heterocycles. The average molecular weight is 415 g/mol. The van der Waals surface area contributed by atoms with E-state index in [0.29, 0.717) is 42.3 Å². The summed E-state index contributed by atoms with van der Waals surface area (Å²) in [5.74, 6) is 1.18. The summed E-state index contributed by atoms with van der Waals surface area (Å²) >= 11 is 0. The van der Waals surface area contributed by atoms with Gasteiger partial charge in [0.15, 0.2) is 5.96 Å². The third-order valence-corrected chi connectivity index (χ3v) is 7.21. The van der Waals surface area contributed by atoms with Crippen LogP contribution < -0.4 is 11.1 Å². The van der Waals surface area contributed by atoms with Gasteiger partial charge in [0.2, 0.25) is 10.0 Å². The highest BCUT2D eigenvalue weighted by atomic mass is 32.2. The lowest BCUT2D eigenvalue weighted by atomic mass is 9.98. The van der Waals surface area contributed by atoms with Crippen LogP contribution in [-0.2, 0) is 10.0 Å². The molecule has 0 spiro atoms. The number of anilines is 1. The molecule has 3 rings (SSSR count). The van der Waals surface area contributed by atoms with Gasteiger partial charge in [-0.3, -0.25) is 4.99 Å². The first-order valence-electron chi connectivity index (χ1n) is 10.1. The molecule has 2 aromatic rings. The zero-order valence-corrected chi connectivity index (χ0v) is 17.9. The molecule has 29 heavy (non-hydrogen) atoms. The minimum atomic E-state index is -3.41. The predicted molar refractivity (Wildman–Crippen MR) is 119 cm³/mol. The second-order valence-electron chi connectivity index (χ2n) is 7.79. The van der Waals surface area contributed by atoms with Crippen molar-refractivity contribution in [2.45, 2.75) is 37.5 Å². The SMILES string of the molecule is CC(C)c1cccc(NC(N)=NCC2CCN(S(=O)(=O)c3ccccc3)CC2)c1. The molecule has 3 N–H and O–H groups in total. The number of nitrogens with zero attached hydrogens (tertiary/aromatic N) is 2. The van der Waals surface area contributed by atoms with Gasteiger partial charge in [-0.15, -0.1) is 0 Å². The fourth-order valence-corrected chi connectivity index (χ4v) is 4.95. The lowest BCUT2D eigenvalue weighted by Crippen LogP contribution is -2.39. The summed E-state index contributed by atoms with van der Waals surface area (Å²) in [5.41, 5.74) is 8.23. The molecule has 0 amide bonds. The van der Waals surface area contributed by atoms with Gasteiger partial charge in [0.1, 0.15) is 0 Å². The first-order valence-corrected chi connectivity index (χ1v) is 11.5. The van der Waals surface area contributed by atoms with E-state index in [1.54, 1.807) is 28.6 Å². The van der Waals surface area contributed by atoms with Crippen LogP contribution >= 0.6 is 0 Å². The number of sulfonamides is 1. The first kappa shape index (κ1) is 21.3. The Balaban J connectivity index is 1.52. The fraction of sp³-hybridized carbons (Fsp3) is 0.409. The van der Waals surface area contributed by atoms with E-state index in [2.05, 4.69) is 36.3 Å². The van der Waals surface area contributed by atoms with Crippen LogP contribution in [0, 0.1) is 5.92 Å². The van der Waals surface area contributed by atoms with Gasteiger partial charge >= 0.3 is 0 Å². The minimum absolute atomic E-state index is 0.333. The van der Waals surface area contributed by atoms with Gasteiger partial charge in [-0.05, 0) is 54.5 Å². The molecule has 2 aromatic carbocycles. The Kier molecular flexibility index (Phi) is 6.92. The van der Waals surface area contributed by atoms with Gasteiger partial charge in [0.25, 0.3) is 0 Å². The van der Waals surface area contributed by atoms with E-state index in [9.17, 15) is 8.42 Å². The summed E-state index contributed by atoms with van der Waals surface area (Å²) in [6.45, 7) is 5.94. The number of aliphatic imine (C=N–C) groups is 1. The van der Waals surface area contributed by atoms with Gasteiger partial charge < -0.3 is 11.1 Å². The lowest BCUT2D eigenvalue weighted by molar-refractivity contribution is 0.279. The summed E-state index contributed by atoms with van der Waals surface area (Å²) in [7, 11) is -3.41. The second-order valence-corrected chi connectivity index (χ2v) is 9.73. The van der Waals surface area contributed by atoms with Gasteiger partial charge in [-0.1, -0.05) is 44.2 Å². The molecule has 1 aliphatic rings. The van der Waals surface area contributed by atoms with Crippen LogP contribution in [0.25, 0.3) is 0 Å². The van der Waals surface area contributed by atoms with Crippen molar-refractivity contribution in [2.75, 3.05) is 25.0 Å². The maximum atomic E-state index is 12.7. The van der Waals surface area contributed by atoms with E-state index >= 15 is 0 Å². The van der Waals surface area contributed by atoms with E-state index in [-0.39, 0.29) is 0 Å². The normalized spacial score (nSPS) is 16.9. The minimum Gasteiger partial charge on any atom is -0.370 e. The lowest BCUT2D eigenvalue weighted by Gasteiger charge is -2.30. The van der Waals surface area contributed by atoms with E-state index in [1.165, 1.54) is 5.56 Å². The molecular formula is C22H30N4O2S. The fourth-order valence-electron chi connectivity index (χ4n) is 3.46.